The van der Waals surface area contributed by atoms with Crippen LogP contribution in [-0.2, 0) is 17.6 Å². The van der Waals surface area contributed by atoms with Crippen LogP contribution in [0.2, 0.25) is 0 Å². The Balaban J connectivity index is 1.53. The number of fused-ring (bicyclic) bond motifs is 1. The smallest absolute Gasteiger partial charge is 0.315 e. The molecule has 4 rings (SSSR count). The molecule has 1 aliphatic rings. The van der Waals surface area contributed by atoms with E-state index in [1.807, 2.05) is 54.6 Å². The predicted octanol–water partition coefficient (Wildman–Crippen LogP) is 5.32. The zero-order valence-corrected chi connectivity index (χ0v) is 17.0. The molecule has 0 spiro atoms. The molecule has 3 aromatic carbocycles. The van der Waals surface area contributed by atoms with Crippen molar-refractivity contribution < 1.29 is 19.1 Å². The van der Waals surface area contributed by atoms with Crippen LogP contribution >= 0.6 is 0 Å². The number of hydrogen-bond donors (Lipinski definition) is 0. The number of hydrogen-bond acceptors (Lipinski definition) is 4. The van der Waals surface area contributed by atoms with E-state index >= 15 is 0 Å². The Morgan fingerprint density at radius 3 is 2.40 bits per heavy atom. The van der Waals surface area contributed by atoms with E-state index in [0.717, 1.165) is 17.5 Å². The van der Waals surface area contributed by atoms with Crippen molar-refractivity contribution in [2.75, 3.05) is 0 Å². The molecule has 0 aliphatic carbocycles. The highest BCUT2D eigenvalue weighted by atomic mass is 16.5. The second-order valence-corrected chi connectivity index (χ2v) is 7.24. The number of rotatable bonds is 5. The second-order valence-electron chi connectivity index (χ2n) is 7.24. The minimum Gasteiger partial charge on any atom is -0.452 e. The molecule has 1 aliphatic heterocycles. The number of ether oxygens (including phenoxy) is 2. The summed E-state index contributed by atoms with van der Waals surface area (Å²) < 4.78 is 11.4. The van der Waals surface area contributed by atoms with Crippen LogP contribution in [0.1, 0.15) is 39.5 Å². The van der Waals surface area contributed by atoms with E-state index in [1.165, 1.54) is 5.56 Å². The molecule has 0 N–H and O–H groups in total. The summed E-state index contributed by atoms with van der Waals surface area (Å²) in [7, 11) is 0. The van der Waals surface area contributed by atoms with Crippen LogP contribution < -0.4 is 9.47 Å². The van der Waals surface area contributed by atoms with Crippen LogP contribution in [0.25, 0.3) is 6.08 Å². The van der Waals surface area contributed by atoms with E-state index in [0.29, 0.717) is 22.6 Å². The van der Waals surface area contributed by atoms with Gasteiger partial charge in [-0.3, -0.25) is 9.59 Å². The van der Waals surface area contributed by atoms with Crippen molar-refractivity contribution in [3.05, 3.63) is 100 Å². The summed E-state index contributed by atoms with van der Waals surface area (Å²) in [4.78, 5) is 25.1. The lowest BCUT2D eigenvalue weighted by Crippen LogP contribution is -2.12. The molecule has 0 amide bonds. The minimum atomic E-state index is -0.361. The second kappa shape index (κ2) is 8.37. The number of carbonyl (C=O) groups excluding carboxylic acids is 2. The van der Waals surface area contributed by atoms with E-state index in [4.69, 9.17) is 9.47 Å². The molecule has 4 heteroatoms. The van der Waals surface area contributed by atoms with Crippen molar-refractivity contribution in [1.29, 1.82) is 0 Å². The van der Waals surface area contributed by atoms with Gasteiger partial charge in [-0.2, -0.15) is 0 Å². The molecule has 0 fully saturated rings. The SMILES string of the molecule is CCc1ccc(/C=C2\Oc3c(ccc(OC(=O)Cc4ccccc4)c3C)C2=O)cc1. The van der Waals surface area contributed by atoms with Crippen LogP contribution in [0.4, 0.5) is 0 Å². The largest absolute Gasteiger partial charge is 0.452 e. The number of allylic oxidation sites excluding steroid dienone is 1. The quantitative estimate of drug-likeness (QED) is 0.331. The number of aryl methyl sites for hydroxylation is 1. The number of ketones is 1. The number of benzene rings is 3. The molecule has 0 unspecified atom stereocenters. The van der Waals surface area contributed by atoms with Crippen molar-refractivity contribution in [2.24, 2.45) is 0 Å². The average Bonchev–Trinajstić information content (AvgIpc) is 3.07. The highest BCUT2D eigenvalue weighted by Gasteiger charge is 2.30. The van der Waals surface area contributed by atoms with Gasteiger partial charge in [-0.1, -0.05) is 61.5 Å². The summed E-state index contributed by atoms with van der Waals surface area (Å²) in [6, 6.07) is 20.7. The molecule has 0 radical (unpaired) electrons. The highest BCUT2D eigenvalue weighted by molar-refractivity contribution is 6.15. The average molecular weight is 398 g/mol. The van der Waals surface area contributed by atoms with Crippen molar-refractivity contribution in [3.63, 3.8) is 0 Å². The van der Waals surface area contributed by atoms with Gasteiger partial charge in [-0.15, -0.1) is 0 Å². The first-order chi connectivity index (χ1) is 14.5. The predicted molar refractivity (Wildman–Crippen MR) is 116 cm³/mol. The van der Waals surface area contributed by atoms with E-state index < -0.39 is 0 Å². The molecule has 4 nitrogen and oxygen atoms in total. The Morgan fingerprint density at radius 2 is 1.70 bits per heavy atom. The zero-order valence-electron chi connectivity index (χ0n) is 17.0. The Kier molecular flexibility index (Phi) is 5.48. The monoisotopic (exact) mass is 398 g/mol. The summed E-state index contributed by atoms with van der Waals surface area (Å²) in [5.74, 6) is 0.581. The fourth-order valence-corrected chi connectivity index (χ4v) is 3.40. The van der Waals surface area contributed by atoms with Crippen molar-refractivity contribution in [3.8, 4) is 11.5 Å². The molecule has 3 aromatic rings. The molecule has 30 heavy (non-hydrogen) atoms. The van der Waals surface area contributed by atoms with Crippen molar-refractivity contribution >= 4 is 17.8 Å². The molecule has 0 bridgehead atoms. The summed E-state index contributed by atoms with van der Waals surface area (Å²) in [6.45, 7) is 3.89. The van der Waals surface area contributed by atoms with Crippen LogP contribution in [0.5, 0.6) is 11.5 Å². The summed E-state index contributed by atoms with van der Waals surface area (Å²) in [6.07, 6.45) is 2.88. The minimum absolute atomic E-state index is 0.171. The van der Waals surface area contributed by atoms with Gasteiger partial charge in [0.05, 0.1) is 12.0 Å². The highest BCUT2D eigenvalue weighted by Crippen LogP contribution is 2.39. The molecule has 0 aromatic heterocycles. The van der Waals surface area contributed by atoms with Gasteiger partial charge in [0.15, 0.2) is 5.76 Å². The summed E-state index contributed by atoms with van der Waals surface area (Å²) in [5, 5.41) is 0. The summed E-state index contributed by atoms with van der Waals surface area (Å²) >= 11 is 0. The van der Waals surface area contributed by atoms with Gasteiger partial charge in [0.2, 0.25) is 5.78 Å². The Morgan fingerprint density at radius 1 is 0.967 bits per heavy atom. The van der Waals surface area contributed by atoms with Gasteiger partial charge in [-0.25, -0.2) is 0 Å². The Bertz CT molecular complexity index is 1130. The first-order valence-electron chi connectivity index (χ1n) is 9.96. The lowest BCUT2D eigenvalue weighted by molar-refractivity contribution is -0.133. The molecular formula is C26H22O4. The number of carbonyl (C=O) groups is 2. The maximum Gasteiger partial charge on any atom is 0.315 e. The molecule has 1 heterocycles. The van der Waals surface area contributed by atoms with Crippen LogP contribution in [0, 0.1) is 6.92 Å². The first kappa shape index (κ1) is 19.6. The fraction of sp³-hybridized carbons (Fsp3) is 0.154. The maximum absolute atomic E-state index is 12.8. The lowest BCUT2D eigenvalue weighted by Gasteiger charge is -2.10. The van der Waals surface area contributed by atoms with Crippen LogP contribution in [0.3, 0.4) is 0 Å². The summed E-state index contributed by atoms with van der Waals surface area (Å²) in [5.41, 5.74) is 4.12. The Hall–Kier alpha value is -3.66. The maximum atomic E-state index is 12.8. The van der Waals surface area contributed by atoms with Crippen molar-refractivity contribution in [2.45, 2.75) is 26.7 Å². The normalized spacial score (nSPS) is 13.8. The van der Waals surface area contributed by atoms with Crippen LogP contribution in [0.15, 0.2) is 72.5 Å². The van der Waals surface area contributed by atoms with Gasteiger partial charge >= 0.3 is 5.97 Å². The molecule has 0 atom stereocenters. The third-order valence-electron chi connectivity index (χ3n) is 5.14. The van der Waals surface area contributed by atoms with Gasteiger partial charge in [0, 0.05) is 5.56 Å². The molecule has 0 saturated carbocycles. The number of esters is 1. The molecular weight excluding hydrogens is 376 g/mol. The van der Waals surface area contributed by atoms with E-state index in [9.17, 15) is 9.59 Å². The zero-order chi connectivity index (χ0) is 21.1. The van der Waals surface area contributed by atoms with E-state index in [2.05, 4.69) is 6.92 Å². The fourth-order valence-electron chi connectivity index (χ4n) is 3.40. The third kappa shape index (κ3) is 4.03. The van der Waals surface area contributed by atoms with Crippen molar-refractivity contribution in [1.82, 2.24) is 0 Å². The first-order valence-corrected chi connectivity index (χ1v) is 9.96. The molecule has 0 saturated heterocycles. The van der Waals surface area contributed by atoms with Crippen LogP contribution in [-0.4, -0.2) is 11.8 Å². The Labute approximate surface area is 175 Å². The van der Waals surface area contributed by atoms with Gasteiger partial charge in [0.1, 0.15) is 11.5 Å². The van der Waals surface area contributed by atoms with Gasteiger partial charge in [-0.05, 0) is 48.2 Å². The lowest BCUT2D eigenvalue weighted by atomic mass is 10.0. The van der Waals surface area contributed by atoms with E-state index in [1.54, 1.807) is 25.1 Å². The molecule has 150 valence electrons. The number of Topliss-reactive ketones (excluding diaryl/α,β-unsaturated/α-hetero) is 1. The topological polar surface area (TPSA) is 52.6 Å². The standard InChI is InChI=1S/C26H22O4/c1-3-18-9-11-20(12-10-18)15-23-25(28)21-13-14-22(17(2)26(21)30-23)29-24(27)16-19-7-5-4-6-8-19/h4-15H,3,16H2,1-2H3/b23-15-. The van der Waals surface area contributed by atoms with Gasteiger partial charge < -0.3 is 9.47 Å². The van der Waals surface area contributed by atoms with Gasteiger partial charge in [0.25, 0.3) is 0 Å². The van der Waals surface area contributed by atoms with E-state index in [-0.39, 0.29) is 23.9 Å². The third-order valence-corrected chi connectivity index (χ3v) is 5.14.